The van der Waals surface area contributed by atoms with Crippen LogP contribution >= 0.6 is 0 Å². The molecule has 1 unspecified atom stereocenters. The molecule has 0 radical (unpaired) electrons. The number of hydrogen-bond donors (Lipinski definition) is 2. The van der Waals surface area contributed by atoms with Crippen LogP contribution in [0.15, 0.2) is 53.4 Å². The highest BCUT2D eigenvalue weighted by Gasteiger charge is 2.35. The average Bonchev–Trinajstić information content (AvgIpc) is 3.36. The van der Waals surface area contributed by atoms with E-state index in [1.165, 1.54) is 24.3 Å². The molecule has 0 bridgehead atoms. The number of sulfonamides is 1. The SMILES string of the molecule is O=C(NCC1(c2ccc(F)cc2)CCOCC1)c1cccc(S(=O)(=O)NCC2CCCO2)c1. The van der Waals surface area contributed by atoms with Crippen molar-refractivity contribution < 1.29 is 27.1 Å². The Morgan fingerprint density at radius 3 is 2.55 bits per heavy atom. The molecule has 1 amide bonds. The van der Waals surface area contributed by atoms with Gasteiger partial charge >= 0.3 is 0 Å². The number of amides is 1. The molecule has 2 saturated heterocycles. The number of halogens is 1. The molecule has 7 nitrogen and oxygen atoms in total. The van der Waals surface area contributed by atoms with Gasteiger partial charge < -0.3 is 14.8 Å². The van der Waals surface area contributed by atoms with Gasteiger partial charge in [-0.3, -0.25) is 4.79 Å². The Morgan fingerprint density at radius 2 is 1.85 bits per heavy atom. The molecule has 2 fully saturated rings. The Balaban J connectivity index is 1.44. The zero-order valence-electron chi connectivity index (χ0n) is 18.4. The van der Waals surface area contributed by atoms with Crippen molar-refractivity contribution in [1.29, 1.82) is 0 Å². The molecule has 2 heterocycles. The van der Waals surface area contributed by atoms with Crippen LogP contribution in [-0.2, 0) is 24.9 Å². The second-order valence-electron chi connectivity index (χ2n) is 8.60. The largest absolute Gasteiger partial charge is 0.381 e. The lowest BCUT2D eigenvalue weighted by atomic mass is 9.74. The van der Waals surface area contributed by atoms with Crippen molar-refractivity contribution in [3.8, 4) is 0 Å². The molecule has 0 spiro atoms. The van der Waals surface area contributed by atoms with Gasteiger partial charge in [-0.2, -0.15) is 0 Å². The minimum absolute atomic E-state index is 0.0347. The minimum atomic E-state index is -3.76. The van der Waals surface area contributed by atoms with Gasteiger partial charge in [0.25, 0.3) is 5.91 Å². The van der Waals surface area contributed by atoms with Gasteiger partial charge in [-0.25, -0.2) is 17.5 Å². The van der Waals surface area contributed by atoms with E-state index in [0.29, 0.717) is 39.2 Å². The summed E-state index contributed by atoms with van der Waals surface area (Å²) >= 11 is 0. The smallest absolute Gasteiger partial charge is 0.251 e. The third-order valence-electron chi connectivity index (χ3n) is 6.43. The third-order valence-corrected chi connectivity index (χ3v) is 7.85. The first-order valence-corrected chi connectivity index (χ1v) is 12.7. The summed E-state index contributed by atoms with van der Waals surface area (Å²) in [6.07, 6.45) is 3.02. The number of ether oxygens (including phenoxy) is 2. The molecule has 1 atom stereocenters. The Morgan fingerprint density at radius 1 is 1.09 bits per heavy atom. The Kier molecular flexibility index (Phi) is 7.43. The van der Waals surface area contributed by atoms with E-state index in [9.17, 15) is 17.6 Å². The lowest BCUT2D eigenvalue weighted by Crippen LogP contribution is -2.44. The van der Waals surface area contributed by atoms with Crippen LogP contribution in [0, 0.1) is 5.82 Å². The summed E-state index contributed by atoms with van der Waals surface area (Å²) < 4.78 is 52.4. The highest BCUT2D eigenvalue weighted by Crippen LogP contribution is 2.34. The van der Waals surface area contributed by atoms with Crippen LogP contribution in [0.5, 0.6) is 0 Å². The molecule has 0 saturated carbocycles. The molecule has 0 aromatic heterocycles. The van der Waals surface area contributed by atoms with Gasteiger partial charge in [0, 0.05) is 43.9 Å². The van der Waals surface area contributed by atoms with Gasteiger partial charge in [0.2, 0.25) is 10.0 Å². The molecular formula is C24H29FN2O5S. The number of hydrogen-bond acceptors (Lipinski definition) is 5. The lowest BCUT2D eigenvalue weighted by Gasteiger charge is -2.38. The monoisotopic (exact) mass is 476 g/mol. The molecular weight excluding hydrogens is 447 g/mol. The fraction of sp³-hybridized carbons (Fsp3) is 0.458. The molecule has 2 aliphatic rings. The van der Waals surface area contributed by atoms with Crippen LogP contribution in [0.4, 0.5) is 4.39 Å². The van der Waals surface area contributed by atoms with Gasteiger partial charge in [0.1, 0.15) is 5.82 Å². The highest BCUT2D eigenvalue weighted by molar-refractivity contribution is 7.89. The van der Waals surface area contributed by atoms with E-state index in [1.54, 1.807) is 24.3 Å². The highest BCUT2D eigenvalue weighted by atomic mass is 32.2. The van der Waals surface area contributed by atoms with Crippen molar-refractivity contribution in [2.24, 2.45) is 0 Å². The first kappa shape index (κ1) is 23.8. The quantitative estimate of drug-likeness (QED) is 0.611. The lowest BCUT2D eigenvalue weighted by molar-refractivity contribution is 0.0487. The predicted molar refractivity (Wildman–Crippen MR) is 121 cm³/mol. The molecule has 2 aromatic carbocycles. The van der Waals surface area contributed by atoms with E-state index in [-0.39, 0.29) is 40.2 Å². The van der Waals surface area contributed by atoms with Gasteiger partial charge in [-0.15, -0.1) is 0 Å². The normalized spacial score (nSPS) is 20.5. The molecule has 2 aromatic rings. The zero-order chi connectivity index (χ0) is 23.3. The number of benzene rings is 2. The van der Waals surface area contributed by atoms with Gasteiger partial charge in [0.15, 0.2) is 0 Å². The van der Waals surface area contributed by atoms with Crippen molar-refractivity contribution in [1.82, 2.24) is 10.0 Å². The molecule has 0 aliphatic carbocycles. The number of carbonyl (C=O) groups is 1. The topological polar surface area (TPSA) is 93.7 Å². The van der Waals surface area contributed by atoms with E-state index in [1.807, 2.05) is 0 Å². The molecule has 2 N–H and O–H groups in total. The van der Waals surface area contributed by atoms with E-state index in [2.05, 4.69) is 10.0 Å². The van der Waals surface area contributed by atoms with Crippen molar-refractivity contribution in [3.05, 3.63) is 65.5 Å². The Hall–Kier alpha value is -2.33. The summed E-state index contributed by atoms with van der Waals surface area (Å²) in [4.78, 5) is 13.0. The zero-order valence-corrected chi connectivity index (χ0v) is 19.2. The standard InChI is InChI=1S/C24H29FN2O5S/c25-20-8-6-19(7-9-20)24(10-13-31-14-11-24)17-26-23(28)18-3-1-5-22(15-18)33(29,30)27-16-21-4-2-12-32-21/h1,3,5-9,15,21,27H,2,4,10-14,16-17H2,(H,26,28). The van der Waals surface area contributed by atoms with Crippen molar-refractivity contribution in [2.45, 2.75) is 42.1 Å². The van der Waals surface area contributed by atoms with Gasteiger partial charge in [-0.1, -0.05) is 18.2 Å². The summed E-state index contributed by atoms with van der Waals surface area (Å²) in [7, 11) is -3.76. The number of nitrogens with one attached hydrogen (secondary N) is 2. The molecule has 9 heteroatoms. The van der Waals surface area contributed by atoms with E-state index in [4.69, 9.17) is 9.47 Å². The minimum Gasteiger partial charge on any atom is -0.381 e. The number of carbonyl (C=O) groups excluding carboxylic acids is 1. The van der Waals surface area contributed by atoms with Crippen LogP contribution in [0.3, 0.4) is 0 Å². The van der Waals surface area contributed by atoms with E-state index in [0.717, 1.165) is 18.4 Å². The summed E-state index contributed by atoms with van der Waals surface area (Å²) in [6.45, 7) is 2.30. The Bertz CT molecular complexity index is 1060. The molecule has 33 heavy (non-hydrogen) atoms. The summed E-state index contributed by atoms with van der Waals surface area (Å²) in [5, 5.41) is 2.95. The fourth-order valence-corrected chi connectivity index (χ4v) is 5.49. The van der Waals surface area contributed by atoms with Crippen LogP contribution in [0.25, 0.3) is 0 Å². The van der Waals surface area contributed by atoms with Crippen LogP contribution in [0.1, 0.15) is 41.6 Å². The van der Waals surface area contributed by atoms with Gasteiger partial charge in [0.05, 0.1) is 11.0 Å². The first-order chi connectivity index (χ1) is 15.9. The maximum atomic E-state index is 13.4. The maximum absolute atomic E-state index is 13.4. The first-order valence-electron chi connectivity index (χ1n) is 11.2. The number of rotatable bonds is 8. The summed E-state index contributed by atoms with van der Waals surface area (Å²) in [5.74, 6) is -0.671. The second-order valence-corrected chi connectivity index (χ2v) is 10.4. The van der Waals surface area contributed by atoms with Crippen LogP contribution in [0.2, 0.25) is 0 Å². The second kappa shape index (κ2) is 10.3. The van der Waals surface area contributed by atoms with Crippen molar-refractivity contribution >= 4 is 15.9 Å². The average molecular weight is 477 g/mol. The van der Waals surface area contributed by atoms with Crippen LogP contribution in [-0.4, -0.2) is 53.3 Å². The van der Waals surface area contributed by atoms with E-state index < -0.39 is 10.0 Å². The Labute approximate surface area is 193 Å². The van der Waals surface area contributed by atoms with Crippen molar-refractivity contribution in [2.75, 3.05) is 32.9 Å². The molecule has 178 valence electrons. The maximum Gasteiger partial charge on any atom is 0.251 e. The predicted octanol–water partition coefficient (Wildman–Crippen LogP) is 2.76. The van der Waals surface area contributed by atoms with Gasteiger partial charge in [-0.05, 0) is 61.6 Å². The summed E-state index contributed by atoms with van der Waals surface area (Å²) in [5.41, 5.74) is 0.840. The molecule has 4 rings (SSSR count). The summed E-state index contributed by atoms with van der Waals surface area (Å²) in [6, 6.07) is 12.3. The van der Waals surface area contributed by atoms with E-state index >= 15 is 0 Å². The molecule has 2 aliphatic heterocycles. The third kappa shape index (κ3) is 5.78. The van der Waals surface area contributed by atoms with Crippen molar-refractivity contribution in [3.63, 3.8) is 0 Å². The van der Waals surface area contributed by atoms with Crippen LogP contribution < -0.4 is 10.0 Å². The fourth-order valence-electron chi connectivity index (χ4n) is 4.38.